The van der Waals surface area contributed by atoms with E-state index in [4.69, 9.17) is 9.47 Å². The first-order chi connectivity index (χ1) is 10.2. The number of piperidine rings is 1. The summed E-state index contributed by atoms with van der Waals surface area (Å²) in [6.07, 6.45) is 3.14. The first kappa shape index (κ1) is 14.4. The average molecular weight is 289 g/mol. The minimum Gasteiger partial charge on any atom is -0.486 e. The zero-order chi connectivity index (χ0) is 14.7. The molecule has 2 aliphatic heterocycles. The highest BCUT2D eigenvalue weighted by Crippen LogP contribution is 2.31. The molecule has 1 aromatic rings. The van der Waals surface area contributed by atoms with Crippen LogP contribution in [0.5, 0.6) is 11.5 Å². The van der Waals surface area contributed by atoms with E-state index in [1.807, 2.05) is 18.2 Å². The summed E-state index contributed by atoms with van der Waals surface area (Å²) in [7, 11) is 0. The number of ketones is 1. The molecule has 21 heavy (non-hydrogen) atoms. The molecule has 0 spiro atoms. The molecule has 114 valence electrons. The van der Waals surface area contributed by atoms with Gasteiger partial charge in [0, 0.05) is 25.1 Å². The zero-order valence-corrected chi connectivity index (χ0v) is 12.6. The molecule has 1 atom stereocenters. The lowest BCUT2D eigenvalue weighted by molar-refractivity contribution is 0.0948. The molecule has 0 amide bonds. The number of hydrogen-bond acceptors (Lipinski definition) is 4. The highest BCUT2D eigenvalue weighted by atomic mass is 16.6. The van der Waals surface area contributed by atoms with Gasteiger partial charge in [-0.05, 0) is 43.5 Å². The third kappa shape index (κ3) is 3.56. The predicted octanol–water partition coefficient (Wildman–Crippen LogP) is 2.76. The van der Waals surface area contributed by atoms with Crippen molar-refractivity contribution in [1.29, 1.82) is 0 Å². The van der Waals surface area contributed by atoms with Crippen LogP contribution >= 0.6 is 0 Å². The zero-order valence-electron chi connectivity index (χ0n) is 12.6. The molecule has 0 bridgehead atoms. The molecule has 4 heteroatoms. The maximum Gasteiger partial charge on any atom is 0.164 e. The fraction of sp³-hybridized carbons (Fsp3) is 0.588. The molecule has 0 aromatic heterocycles. The number of carbonyl (C=O) groups is 1. The van der Waals surface area contributed by atoms with Crippen LogP contribution in [0.15, 0.2) is 18.2 Å². The molecule has 4 nitrogen and oxygen atoms in total. The molecule has 3 rings (SSSR count). The standard InChI is InChI=1S/C17H23NO3/c1-13-3-2-7-18(12-13)8-6-15(19)14-4-5-16-17(11-14)21-10-9-20-16/h4-5,11,13H,2-3,6-10,12H2,1H3. The van der Waals surface area contributed by atoms with Crippen LogP contribution in [0.25, 0.3) is 0 Å². The molecule has 1 fully saturated rings. The summed E-state index contributed by atoms with van der Waals surface area (Å²) in [6.45, 7) is 6.52. The van der Waals surface area contributed by atoms with E-state index in [0.29, 0.717) is 25.4 Å². The van der Waals surface area contributed by atoms with Gasteiger partial charge in [0.25, 0.3) is 0 Å². The third-order valence-corrected chi connectivity index (χ3v) is 4.26. The molecule has 1 aromatic carbocycles. The minimum atomic E-state index is 0.185. The van der Waals surface area contributed by atoms with Gasteiger partial charge in [0.1, 0.15) is 13.2 Å². The number of likely N-dealkylation sites (tertiary alicyclic amines) is 1. The molecule has 1 unspecified atom stereocenters. The van der Waals surface area contributed by atoms with Crippen molar-refractivity contribution in [1.82, 2.24) is 4.90 Å². The van der Waals surface area contributed by atoms with E-state index in [-0.39, 0.29) is 5.78 Å². The summed E-state index contributed by atoms with van der Waals surface area (Å²) in [5.41, 5.74) is 0.726. The highest BCUT2D eigenvalue weighted by molar-refractivity contribution is 5.96. The fourth-order valence-electron chi connectivity index (χ4n) is 3.11. The van der Waals surface area contributed by atoms with E-state index in [0.717, 1.165) is 36.9 Å². The van der Waals surface area contributed by atoms with E-state index in [1.165, 1.54) is 12.8 Å². The molecule has 0 aliphatic carbocycles. The molecular weight excluding hydrogens is 266 g/mol. The SMILES string of the molecule is CC1CCCN(CCC(=O)c2ccc3c(c2)OCCO3)C1. The number of nitrogens with zero attached hydrogens (tertiary/aromatic N) is 1. The van der Waals surface area contributed by atoms with Gasteiger partial charge in [0.15, 0.2) is 17.3 Å². The summed E-state index contributed by atoms with van der Waals surface area (Å²) in [4.78, 5) is 14.7. The van der Waals surface area contributed by atoms with Crippen molar-refractivity contribution < 1.29 is 14.3 Å². The summed E-state index contributed by atoms with van der Waals surface area (Å²) in [5.74, 6) is 2.37. The number of rotatable bonds is 4. The van der Waals surface area contributed by atoms with Crippen LogP contribution < -0.4 is 9.47 Å². The van der Waals surface area contributed by atoms with Gasteiger partial charge >= 0.3 is 0 Å². The Balaban J connectivity index is 1.57. The van der Waals surface area contributed by atoms with E-state index in [2.05, 4.69) is 11.8 Å². The van der Waals surface area contributed by atoms with Gasteiger partial charge in [-0.15, -0.1) is 0 Å². The van der Waals surface area contributed by atoms with Crippen molar-refractivity contribution in [3.63, 3.8) is 0 Å². The van der Waals surface area contributed by atoms with Crippen LogP contribution in [-0.4, -0.2) is 43.5 Å². The fourth-order valence-corrected chi connectivity index (χ4v) is 3.11. The summed E-state index contributed by atoms with van der Waals surface area (Å²) >= 11 is 0. The Kier molecular flexibility index (Phi) is 4.44. The average Bonchev–Trinajstić information content (AvgIpc) is 2.52. The van der Waals surface area contributed by atoms with Gasteiger partial charge in [-0.1, -0.05) is 6.92 Å². The number of fused-ring (bicyclic) bond motifs is 1. The Labute approximate surface area is 126 Å². The molecule has 1 saturated heterocycles. The van der Waals surface area contributed by atoms with Crippen LogP contribution in [0.2, 0.25) is 0 Å². The van der Waals surface area contributed by atoms with Crippen molar-refractivity contribution >= 4 is 5.78 Å². The van der Waals surface area contributed by atoms with Gasteiger partial charge < -0.3 is 14.4 Å². The Morgan fingerprint density at radius 3 is 2.90 bits per heavy atom. The van der Waals surface area contributed by atoms with Crippen molar-refractivity contribution in [2.45, 2.75) is 26.2 Å². The Morgan fingerprint density at radius 1 is 1.29 bits per heavy atom. The lowest BCUT2D eigenvalue weighted by Crippen LogP contribution is -2.35. The second kappa shape index (κ2) is 6.48. The molecule has 2 heterocycles. The summed E-state index contributed by atoms with van der Waals surface area (Å²) < 4.78 is 11.0. The molecular formula is C17H23NO3. The monoisotopic (exact) mass is 289 g/mol. The molecule has 0 N–H and O–H groups in total. The Hall–Kier alpha value is -1.55. The Morgan fingerprint density at radius 2 is 2.10 bits per heavy atom. The van der Waals surface area contributed by atoms with Crippen LogP contribution in [0.1, 0.15) is 36.5 Å². The van der Waals surface area contributed by atoms with Gasteiger partial charge in [0.05, 0.1) is 0 Å². The topological polar surface area (TPSA) is 38.8 Å². The largest absolute Gasteiger partial charge is 0.486 e. The van der Waals surface area contributed by atoms with Crippen molar-refractivity contribution in [2.75, 3.05) is 32.8 Å². The number of Topliss-reactive ketones (excluding diaryl/α,β-unsaturated/α-hetero) is 1. The smallest absolute Gasteiger partial charge is 0.164 e. The lowest BCUT2D eigenvalue weighted by Gasteiger charge is -2.30. The molecule has 2 aliphatic rings. The number of carbonyl (C=O) groups excluding carboxylic acids is 1. The van der Waals surface area contributed by atoms with Crippen molar-refractivity contribution in [2.24, 2.45) is 5.92 Å². The second-order valence-corrected chi connectivity index (χ2v) is 6.08. The second-order valence-electron chi connectivity index (χ2n) is 6.08. The van der Waals surface area contributed by atoms with Crippen molar-refractivity contribution in [3.05, 3.63) is 23.8 Å². The van der Waals surface area contributed by atoms with Gasteiger partial charge in [-0.25, -0.2) is 0 Å². The van der Waals surface area contributed by atoms with Crippen LogP contribution in [-0.2, 0) is 0 Å². The van der Waals surface area contributed by atoms with E-state index in [1.54, 1.807) is 0 Å². The summed E-state index contributed by atoms with van der Waals surface area (Å²) in [6, 6.07) is 5.50. The van der Waals surface area contributed by atoms with E-state index in [9.17, 15) is 4.79 Å². The van der Waals surface area contributed by atoms with E-state index >= 15 is 0 Å². The Bertz CT molecular complexity index is 515. The van der Waals surface area contributed by atoms with Gasteiger partial charge in [-0.3, -0.25) is 4.79 Å². The van der Waals surface area contributed by atoms with E-state index < -0.39 is 0 Å². The maximum absolute atomic E-state index is 12.3. The number of benzene rings is 1. The number of ether oxygens (including phenoxy) is 2. The normalized spacial score (nSPS) is 22.0. The van der Waals surface area contributed by atoms with Crippen LogP contribution in [0, 0.1) is 5.92 Å². The highest BCUT2D eigenvalue weighted by Gasteiger charge is 2.18. The summed E-state index contributed by atoms with van der Waals surface area (Å²) in [5, 5.41) is 0. The van der Waals surface area contributed by atoms with Crippen LogP contribution in [0.3, 0.4) is 0 Å². The molecule has 0 radical (unpaired) electrons. The predicted molar refractivity (Wildman–Crippen MR) is 81.2 cm³/mol. The van der Waals surface area contributed by atoms with Gasteiger partial charge in [-0.2, -0.15) is 0 Å². The number of hydrogen-bond donors (Lipinski definition) is 0. The minimum absolute atomic E-state index is 0.185. The van der Waals surface area contributed by atoms with Crippen LogP contribution in [0.4, 0.5) is 0 Å². The first-order valence-corrected chi connectivity index (χ1v) is 7.87. The molecule has 0 saturated carbocycles. The maximum atomic E-state index is 12.3. The van der Waals surface area contributed by atoms with Crippen molar-refractivity contribution in [3.8, 4) is 11.5 Å². The first-order valence-electron chi connectivity index (χ1n) is 7.87. The lowest BCUT2D eigenvalue weighted by atomic mass is 9.99. The van der Waals surface area contributed by atoms with Gasteiger partial charge in [0.2, 0.25) is 0 Å². The quantitative estimate of drug-likeness (QED) is 0.799. The third-order valence-electron chi connectivity index (χ3n) is 4.26.